The number of ether oxygens (including phenoxy) is 1. The van der Waals surface area contributed by atoms with E-state index in [4.69, 9.17) is 4.74 Å². The predicted octanol–water partition coefficient (Wildman–Crippen LogP) is 2.46. The normalized spacial score (nSPS) is 21.3. The number of aromatic nitrogens is 2. The summed E-state index contributed by atoms with van der Waals surface area (Å²) in [7, 11) is 1.64. The molecule has 0 radical (unpaired) electrons. The molecule has 2 atom stereocenters. The number of urea groups is 1. The zero-order valence-corrected chi connectivity index (χ0v) is 13.6. The zero-order chi connectivity index (χ0) is 16.5. The second-order valence-electron chi connectivity index (χ2n) is 6.29. The Labute approximate surface area is 140 Å². The monoisotopic (exact) mass is 324 g/mol. The molecule has 2 bridgehead atoms. The van der Waals surface area contributed by atoms with Gasteiger partial charge in [-0.3, -0.25) is 0 Å². The summed E-state index contributed by atoms with van der Waals surface area (Å²) in [6.45, 7) is 0.511. The number of carbonyl (C=O) groups is 1. The summed E-state index contributed by atoms with van der Waals surface area (Å²) in [4.78, 5) is 23.2. The van der Waals surface area contributed by atoms with Crippen LogP contribution in [0.5, 0.6) is 5.75 Å². The number of hydrogen-bond acceptors (Lipinski definition) is 4. The van der Waals surface area contributed by atoms with E-state index in [0.29, 0.717) is 6.54 Å². The van der Waals surface area contributed by atoms with Gasteiger partial charge in [0.15, 0.2) is 0 Å². The fourth-order valence-electron chi connectivity index (χ4n) is 3.75. The molecule has 1 aromatic heterocycles. The third kappa shape index (κ3) is 2.58. The van der Waals surface area contributed by atoms with Crippen molar-refractivity contribution >= 4 is 6.03 Å². The van der Waals surface area contributed by atoms with Gasteiger partial charge in [0.2, 0.25) is 0 Å². The van der Waals surface area contributed by atoms with Crippen molar-refractivity contribution in [1.82, 2.24) is 20.2 Å². The highest BCUT2D eigenvalue weighted by atomic mass is 16.5. The molecule has 1 fully saturated rings. The number of nitrogens with one attached hydrogen (secondary N) is 1. The van der Waals surface area contributed by atoms with Crippen LogP contribution >= 0.6 is 0 Å². The summed E-state index contributed by atoms with van der Waals surface area (Å²) >= 11 is 0. The number of rotatable bonds is 3. The van der Waals surface area contributed by atoms with Crippen molar-refractivity contribution in [2.75, 3.05) is 7.11 Å². The van der Waals surface area contributed by atoms with Crippen LogP contribution < -0.4 is 10.1 Å². The molecule has 3 heterocycles. The first-order valence-corrected chi connectivity index (χ1v) is 8.24. The van der Waals surface area contributed by atoms with Crippen molar-refractivity contribution in [3.63, 3.8) is 0 Å². The van der Waals surface area contributed by atoms with Crippen LogP contribution in [0.3, 0.4) is 0 Å². The van der Waals surface area contributed by atoms with Gasteiger partial charge in [-0.05, 0) is 30.5 Å². The third-order valence-corrected chi connectivity index (χ3v) is 4.95. The quantitative estimate of drug-likeness (QED) is 0.942. The summed E-state index contributed by atoms with van der Waals surface area (Å²) in [6.07, 6.45) is 6.29. The molecule has 1 aromatic carbocycles. The first-order chi connectivity index (χ1) is 11.8. The fourth-order valence-corrected chi connectivity index (χ4v) is 3.75. The minimum absolute atomic E-state index is 0.00665. The van der Waals surface area contributed by atoms with Crippen LogP contribution in [0.1, 0.15) is 35.7 Å². The second-order valence-corrected chi connectivity index (χ2v) is 6.29. The van der Waals surface area contributed by atoms with Crippen molar-refractivity contribution < 1.29 is 9.53 Å². The Kier molecular flexibility index (Phi) is 3.80. The summed E-state index contributed by atoms with van der Waals surface area (Å²) in [5, 5.41) is 3.04. The van der Waals surface area contributed by atoms with Gasteiger partial charge in [-0.1, -0.05) is 12.1 Å². The van der Waals surface area contributed by atoms with Crippen molar-refractivity contribution in [2.24, 2.45) is 0 Å². The van der Waals surface area contributed by atoms with Crippen LogP contribution in [-0.4, -0.2) is 34.1 Å². The maximum atomic E-state index is 12.7. The van der Waals surface area contributed by atoms with Gasteiger partial charge in [0, 0.05) is 30.8 Å². The lowest BCUT2D eigenvalue weighted by atomic mass is 10.00. The SMILES string of the molecule is COc1ccc(CNC(=O)N2C3CCC2c2cncnc2C3)cc1. The van der Waals surface area contributed by atoms with Gasteiger partial charge in [-0.25, -0.2) is 14.8 Å². The molecule has 2 aliphatic heterocycles. The van der Waals surface area contributed by atoms with E-state index in [1.807, 2.05) is 35.4 Å². The molecule has 1 N–H and O–H groups in total. The van der Waals surface area contributed by atoms with E-state index in [1.165, 1.54) is 0 Å². The lowest BCUT2D eigenvalue weighted by Crippen LogP contribution is -2.47. The van der Waals surface area contributed by atoms with E-state index in [1.54, 1.807) is 13.4 Å². The highest BCUT2D eigenvalue weighted by molar-refractivity contribution is 5.76. The lowest BCUT2D eigenvalue weighted by molar-refractivity contribution is 0.164. The molecule has 124 valence electrons. The molecular weight excluding hydrogens is 304 g/mol. The summed E-state index contributed by atoms with van der Waals surface area (Å²) in [5.41, 5.74) is 3.25. The molecule has 2 amide bonds. The molecule has 2 unspecified atom stereocenters. The molecule has 0 aliphatic carbocycles. The van der Waals surface area contributed by atoms with Gasteiger partial charge >= 0.3 is 6.03 Å². The van der Waals surface area contributed by atoms with E-state index in [9.17, 15) is 4.79 Å². The van der Waals surface area contributed by atoms with Gasteiger partial charge in [-0.2, -0.15) is 0 Å². The highest BCUT2D eigenvalue weighted by Gasteiger charge is 2.43. The molecular formula is C18H20N4O2. The number of nitrogens with zero attached hydrogens (tertiary/aromatic N) is 3. The topological polar surface area (TPSA) is 67.3 Å². The first kappa shape index (κ1) is 14.9. The number of carbonyl (C=O) groups excluding carboxylic acids is 1. The van der Waals surface area contributed by atoms with Crippen LogP contribution in [0.15, 0.2) is 36.8 Å². The van der Waals surface area contributed by atoms with Gasteiger partial charge in [0.25, 0.3) is 0 Å². The molecule has 2 aliphatic rings. The summed E-state index contributed by atoms with van der Waals surface area (Å²) in [5.74, 6) is 0.816. The predicted molar refractivity (Wildman–Crippen MR) is 88.6 cm³/mol. The van der Waals surface area contributed by atoms with Crippen molar-refractivity contribution in [1.29, 1.82) is 0 Å². The van der Waals surface area contributed by atoms with Crippen LogP contribution in [0.4, 0.5) is 4.79 Å². The molecule has 2 aromatic rings. The molecule has 4 rings (SSSR count). The Morgan fingerprint density at radius 1 is 1.33 bits per heavy atom. The van der Waals surface area contributed by atoms with E-state index in [2.05, 4.69) is 15.3 Å². The van der Waals surface area contributed by atoms with E-state index >= 15 is 0 Å². The standard InChI is InChI=1S/C18H20N4O2/c1-24-14-5-2-12(3-6-14)9-20-18(23)22-13-4-7-17(22)15-10-19-11-21-16(15)8-13/h2-3,5-6,10-11,13,17H,4,7-9H2,1H3,(H,20,23). The average Bonchev–Trinajstić information content (AvgIpc) is 2.95. The Morgan fingerprint density at radius 2 is 2.17 bits per heavy atom. The van der Waals surface area contributed by atoms with Gasteiger partial charge in [0.05, 0.1) is 18.8 Å². The number of benzene rings is 1. The van der Waals surface area contributed by atoms with E-state index < -0.39 is 0 Å². The molecule has 24 heavy (non-hydrogen) atoms. The molecule has 1 saturated heterocycles. The number of amides is 2. The summed E-state index contributed by atoms with van der Waals surface area (Å²) in [6, 6.07) is 8.08. The Bertz CT molecular complexity index is 747. The van der Waals surface area contributed by atoms with Gasteiger partial charge in [-0.15, -0.1) is 0 Å². The maximum absolute atomic E-state index is 12.7. The summed E-state index contributed by atoms with van der Waals surface area (Å²) < 4.78 is 5.15. The van der Waals surface area contributed by atoms with Crippen LogP contribution in [-0.2, 0) is 13.0 Å². The molecule has 0 spiro atoms. The first-order valence-electron chi connectivity index (χ1n) is 8.24. The molecule has 6 heteroatoms. The van der Waals surface area contributed by atoms with Crippen molar-refractivity contribution in [3.05, 3.63) is 53.6 Å². The minimum Gasteiger partial charge on any atom is -0.497 e. The number of fused-ring (bicyclic) bond motifs is 4. The average molecular weight is 324 g/mol. The molecule has 0 saturated carbocycles. The number of hydrogen-bond donors (Lipinski definition) is 1. The third-order valence-electron chi connectivity index (χ3n) is 4.95. The van der Waals surface area contributed by atoms with Crippen LogP contribution in [0.25, 0.3) is 0 Å². The number of methoxy groups -OCH3 is 1. The fraction of sp³-hybridized carbons (Fsp3) is 0.389. The van der Waals surface area contributed by atoms with Crippen LogP contribution in [0.2, 0.25) is 0 Å². The lowest BCUT2D eigenvalue weighted by Gasteiger charge is -2.35. The highest BCUT2D eigenvalue weighted by Crippen LogP contribution is 2.42. The second kappa shape index (κ2) is 6.11. The Balaban J connectivity index is 1.45. The smallest absolute Gasteiger partial charge is 0.318 e. The van der Waals surface area contributed by atoms with Crippen molar-refractivity contribution in [3.8, 4) is 5.75 Å². The van der Waals surface area contributed by atoms with E-state index in [0.717, 1.165) is 41.8 Å². The maximum Gasteiger partial charge on any atom is 0.318 e. The minimum atomic E-state index is -0.00665. The van der Waals surface area contributed by atoms with E-state index in [-0.39, 0.29) is 18.1 Å². The molecule has 6 nitrogen and oxygen atoms in total. The zero-order valence-electron chi connectivity index (χ0n) is 13.6. The van der Waals surface area contributed by atoms with Gasteiger partial charge in [0.1, 0.15) is 12.1 Å². The Morgan fingerprint density at radius 3 is 2.96 bits per heavy atom. The van der Waals surface area contributed by atoms with Crippen LogP contribution in [0, 0.1) is 0 Å². The largest absolute Gasteiger partial charge is 0.497 e. The van der Waals surface area contributed by atoms with Gasteiger partial charge < -0.3 is 15.0 Å². The Hall–Kier alpha value is -2.63. The van der Waals surface area contributed by atoms with Crippen molar-refractivity contribution in [2.45, 2.75) is 37.9 Å².